The van der Waals surface area contributed by atoms with Crippen LogP contribution in [0.15, 0.2) is 29.2 Å². The summed E-state index contributed by atoms with van der Waals surface area (Å²) in [7, 11) is -3.58. The van der Waals surface area contributed by atoms with Crippen molar-refractivity contribution in [2.75, 3.05) is 19.6 Å². The molecule has 0 aromatic heterocycles. The van der Waals surface area contributed by atoms with Crippen LogP contribution in [0.5, 0.6) is 0 Å². The molecule has 26 heavy (non-hydrogen) atoms. The molecule has 1 atom stereocenters. The molecule has 1 heterocycles. The average Bonchev–Trinajstić information content (AvgIpc) is 2.66. The molecule has 6 nitrogen and oxygen atoms in total. The van der Waals surface area contributed by atoms with Crippen molar-refractivity contribution in [3.05, 3.63) is 29.8 Å². The van der Waals surface area contributed by atoms with E-state index in [0.717, 1.165) is 18.4 Å². The van der Waals surface area contributed by atoms with E-state index in [1.54, 1.807) is 24.3 Å². The van der Waals surface area contributed by atoms with Crippen molar-refractivity contribution in [1.82, 2.24) is 9.62 Å². The normalized spacial score (nSPS) is 19.3. The summed E-state index contributed by atoms with van der Waals surface area (Å²) in [4.78, 5) is 13.0. The molecule has 146 valence electrons. The van der Waals surface area contributed by atoms with Crippen LogP contribution in [0, 0.1) is 12.8 Å². The Morgan fingerprint density at radius 1 is 1.27 bits per heavy atom. The Balaban J connectivity index is 2.13. The molecular weight excluding hydrogens is 350 g/mol. The Hall–Kier alpha value is -1.44. The molecule has 1 unspecified atom stereocenters. The lowest BCUT2D eigenvalue weighted by Gasteiger charge is -2.36. The maximum absolute atomic E-state index is 12.9. The van der Waals surface area contributed by atoms with Crippen LogP contribution in [0.4, 0.5) is 0 Å². The summed E-state index contributed by atoms with van der Waals surface area (Å²) in [5, 5.41) is 3.08. The Kier molecular flexibility index (Phi) is 6.82. The van der Waals surface area contributed by atoms with E-state index in [-0.39, 0.29) is 23.3 Å². The molecule has 1 aliphatic rings. The van der Waals surface area contributed by atoms with Gasteiger partial charge in [-0.25, -0.2) is 8.42 Å². The lowest BCUT2D eigenvalue weighted by molar-refractivity contribution is -0.128. The number of piperidine rings is 1. The maximum Gasteiger partial charge on any atom is 0.243 e. The highest BCUT2D eigenvalue weighted by Crippen LogP contribution is 2.25. The van der Waals surface area contributed by atoms with Gasteiger partial charge in [-0.15, -0.1) is 0 Å². The number of aryl methyl sites for hydroxylation is 1. The third-order valence-corrected chi connectivity index (χ3v) is 7.43. The number of sulfonamides is 1. The predicted molar refractivity (Wildman–Crippen MR) is 103 cm³/mol. The second-order valence-corrected chi connectivity index (χ2v) is 9.13. The van der Waals surface area contributed by atoms with Crippen molar-refractivity contribution in [2.24, 2.45) is 11.7 Å². The second-order valence-electron chi connectivity index (χ2n) is 7.20. The Morgan fingerprint density at radius 3 is 2.42 bits per heavy atom. The third-order valence-electron chi connectivity index (χ3n) is 5.55. The van der Waals surface area contributed by atoms with Gasteiger partial charge < -0.3 is 11.1 Å². The zero-order valence-corrected chi connectivity index (χ0v) is 16.8. The van der Waals surface area contributed by atoms with Gasteiger partial charge in [0.25, 0.3) is 0 Å². The molecule has 0 aliphatic carbocycles. The minimum atomic E-state index is -3.58. The van der Waals surface area contributed by atoms with Crippen molar-refractivity contribution in [1.29, 1.82) is 0 Å². The molecule has 1 fully saturated rings. The zero-order chi connectivity index (χ0) is 19.4. The second kappa shape index (κ2) is 8.50. The Labute approximate surface area is 157 Å². The van der Waals surface area contributed by atoms with Gasteiger partial charge in [0.1, 0.15) is 0 Å². The van der Waals surface area contributed by atoms with Crippen LogP contribution in [0.25, 0.3) is 0 Å². The molecule has 0 spiro atoms. The molecule has 0 saturated carbocycles. The minimum absolute atomic E-state index is 0.0945. The highest BCUT2D eigenvalue weighted by atomic mass is 32.2. The number of amides is 1. The number of benzene rings is 1. The monoisotopic (exact) mass is 381 g/mol. The van der Waals surface area contributed by atoms with Crippen LogP contribution in [-0.2, 0) is 14.8 Å². The van der Waals surface area contributed by atoms with E-state index in [1.165, 1.54) is 4.31 Å². The quantitative estimate of drug-likeness (QED) is 0.756. The maximum atomic E-state index is 12.9. The van der Waals surface area contributed by atoms with E-state index in [1.807, 2.05) is 20.8 Å². The van der Waals surface area contributed by atoms with Crippen LogP contribution < -0.4 is 11.1 Å². The molecule has 3 N–H and O–H groups in total. The van der Waals surface area contributed by atoms with Crippen LogP contribution >= 0.6 is 0 Å². The molecule has 2 rings (SSSR count). The standard InChI is InChI=1S/C19H31N3O3S/c1-4-19(5-2,14-20)21-18(23)16-7-6-12-22(13-16)26(24,25)17-10-8-15(3)9-11-17/h8-11,16H,4-7,12-14,20H2,1-3H3,(H,21,23). The van der Waals surface area contributed by atoms with Gasteiger partial charge in [0.2, 0.25) is 15.9 Å². The topological polar surface area (TPSA) is 92.5 Å². The zero-order valence-electron chi connectivity index (χ0n) is 16.0. The Bertz CT molecular complexity index is 704. The minimum Gasteiger partial charge on any atom is -0.349 e. The van der Waals surface area contributed by atoms with Gasteiger partial charge in [-0.2, -0.15) is 4.31 Å². The summed E-state index contributed by atoms with van der Waals surface area (Å²) in [6.45, 7) is 6.98. The van der Waals surface area contributed by atoms with Crippen molar-refractivity contribution in [2.45, 2.75) is 56.9 Å². The number of carbonyl (C=O) groups excluding carboxylic acids is 1. The number of hydrogen-bond acceptors (Lipinski definition) is 4. The smallest absolute Gasteiger partial charge is 0.243 e. The summed E-state index contributed by atoms with van der Waals surface area (Å²) in [6, 6.07) is 6.84. The van der Waals surface area contributed by atoms with Gasteiger partial charge in [-0.3, -0.25) is 4.79 Å². The van der Waals surface area contributed by atoms with Crippen molar-refractivity contribution >= 4 is 15.9 Å². The highest BCUT2D eigenvalue weighted by Gasteiger charge is 2.36. The van der Waals surface area contributed by atoms with E-state index < -0.39 is 15.6 Å². The first-order valence-electron chi connectivity index (χ1n) is 9.37. The molecule has 0 bridgehead atoms. The number of nitrogens with zero attached hydrogens (tertiary/aromatic N) is 1. The predicted octanol–water partition coefficient (Wildman–Crippen LogP) is 2.03. The van der Waals surface area contributed by atoms with Gasteiger partial charge >= 0.3 is 0 Å². The van der Waals surface area contributed by atoms with Gasteiger partial charge in [0.15, 0.2) is 0 Å². The first-order chi connectivity index (χ1) is 12.3. The van der Waals surface area contributed by atoms with E-state index in [9.17, 15) is 13.2 Å². The third kappa shape index (κ3) is 4.45. The van der Waals surface area contributed by atoms with Crippen molar-refractivity contribution in [3.63, 3.8) is 0 Å². The number of carbonyl (C=O) groups is 1. The average molecular weight is 382 g/mol. The van der Waals surface area contributed by atoms with Gasteiger partial charge in [-0.05, 0) is 44.7 Å². The van der Waals surface area contributed by atoms with Crippen LogP contribution in [0.2, 0.25) is 0 Å². The van der Waals surface area contributed by atoms with Crippen molar-refractivity contribution in [3.8, 4) is 0 Å². The lowest BCUT2D eigenvalue weighted by Crippen LogP contribution is -2.56. The number of hydrogen-bond donors (Lipinski definition) is 2. The summed E-state index contributed by atoms with van der Waals surface area (Å²) < 4.78 is 27.2. The highest BCUT2D eigenvalue weighted by molar-refractivity contribution is 7.89. The fourth-order valence-corrected chi connectivity index (χ4v) is 4.89. The van der Waals surface area contributed by atoms with Crippen LogP contribution in [-0.4, -0.2) is 43.8 Å². The summed E-state index contributed by atoms with van der Waals surface area (Å²) in [6.07, 6.45) is 2.88. The van der Waals surface area contributed by atoms with Gasteiger partial charge in [0.05, 0.1) is 16.4 Å². The van der Waals surface area contributed by atoms with E-state index >= 15 is 0 Å². The first kappa shape index (κ1) is 20.9. The molecule has 1 aromatic rings. The summed E-state index contributed by atoms with van der Waals surface area (Å²) >= 11 is 0. The van der Waals surface area contributed by atoms with Crippen LogP contribution in [0.1, 0.15) is 45.1 Å². The van der Waals surface area contributed by atoms with Gasteiger partial charge in [-0.1, -0.05) is 31.5 Å². The lowest BCUT2D eigenvalue weighted by atomic mass is 9.90. The van der Waals surface area contributed by atoms with E-state index in [4.69, 9.17) is 5.73 Å². The largest absolute Gasteiger partial charge is 0.349 e. The van der Waals surface area contributed by atoms with E-state index in [2.05, 4.69) is 5.32 Å². The molecule has 1 aromatic carbocycles. The number of nitrogens with two attached hydrogens (primary N) is 1. The summed E-state index contributed by atoms with van der Waals surface area (Å²) in [5.41, 5.74) is 6.47. The first-order valence-corrected chi connectivity index (χ1v) is 10.8. The molecule has 0 radical (unpaired) electrons. The fourth-order valence-electron chi connectivity index (χ4n) is 3.36. The van der Waals surface area contributed by atoms with E-state index in [0.29, 0.717) is 25.9 Å². The van der Waals surface area contributed by atoms with Crippen LogP contribution in [0.3, 0.4) is 0 Å². The summed E-state index contributed by atoms with van der Waals surface area (Å²) in [5.74, 6) is -0.434. The van der Waals surface area contributed by atoms with Gasteiger partial charge in [0, 0.05) is 19.6 Å². The molecule has 1 saturated heterocycles. The molecule has 1 aliphatic heterocycles. The SMILES string of the molecule is CCC(CC)(CN)NC(=O)C1CCCN(S(=O)(=O)c2ccc(C)cc2)C1. The Morgan fingerprint density at radius 2 is 1.88 bits per heavy atom. The number of rotatable bonds is 7. The molecular formula is C19H31N3O3S. The van der Waals surface area contributed by atoms with Crippen molar-refractivity contribution < 1.29 is 13.2 Å². The fraction of sp³-hybridized carbons (Fsp3) is 0.632. The molecule has 7 heteroatoms. The number of nitrogens with one attached hydrogen (secondary N) is 1. The molecule has 1 amide bonds.